The Morgan fingerprint density at radius 2 is 1.80 bits per heavy atom. The van der Waals surface area contributed by atoms with Gasteiger partial charge in [0.25, 0.3) is 0 Å². The van der Waals surface area contributed by atoms with Crippen LogP contribution >= 0.6 is 0 Å². The number of rotatable bonds is 2. The standard InChI is InChI=1S/C20H26N2O3/c1-13(2)19(24)21-20(25)22-17-10-9-15(11-16(17)12-18(22)23)14-7-5-3-4-6-8-14/h9-14,23H,3-8H2,1-2H3,(H,21,24,25). The van der Waals surface area contributed by atoms with Crippen molar-refractivity contribution < 1.29 is 14.7 Å². The van der Waals surface area contributed by atoms with Gasteiger partial charge in [0, 0.05) is 17.4 Å². The third-order valence-corrected chi connectivity index (χ3v) is 5.09. The first-order chi connectivity index (χ1) is 12.0. The van der Waals surface area contributed by atoms with Gasteiger partial charge in [0.2, 0.25) is 5.91 Å². The van der Waals surface area contributed by atoms with Crippen LogP contribution in [0.2, 0.25) is 0 Å². The summed E-state index contributed by atoms with van der Waals surface area (Å²) in [5.41, 5.74) is 1.88. The number of aromatic hydroxyl groups is 1. The molecular formula is C20H26N2O3. The van der Waals surface area contributed by atoms with Crippen molar-refractivity contribution in [3.63, 3.8) is 0 Å². The summed E-state index contributed by atoms with van der Waals surface area (Å²) in [7, 11) is 0. The molecule has 2 amide bonds. The lowest BCUT2D eigenvalue weighted by atomic mass is 9.91. The van der Waals surface area contributed by atoms with E-state index in [-0.39, 0.29) is 17.7 Å². The molecule has 0 aliphatic heterocycles. The van der Waals surface area contributed by atoms with Crippen molar-refractivity contribution in [2.45, 2.75) is 58.3 Å². The highest BCUT2D eigenvalue weighted by Gasteiger charge is 2.20. The van der Waals surface area contributed by atoms with Crippen molar-refractivity contribution in [2.24, 2.45) is 5.92 Å². The Morgan fingerprint density at radius 3 is 2.44 bits per heavy atom. The van der Waals surface area contributed by atoms with E-state index in [1.165, 1.54) is 44.1 Å². The minimum absolute atomic E-state index is 0.151. The van der Waals surface area contributed by atoms with Gasteiger partial charge < -0.3 is 5.11 Å². The topological polar surface area (TPSA) is 71.3 Å². The molecule has 5 nitrogen and oxygen atoms in total. The number of nitrogens with one attached hydrogen (secondary N) is 1. The minimum Gasteiger partial charge on any atom is -0.494 e. The van der Waals surface area contributed by atoms with Gasteiger partial charge in [0.15, 0.2) is 5.88 Å². The molecule has 0 radical (unpaired) electrons. The smallest absolute Gasteiger partial charge is 0.335 e. The molecule has 1 saturated carbocycles. The van der Waals surface area contributed by atoms with E-state index in [9.17, 15) is 14.7 Å². The second kappa shape index (κ2) is 7.30. The maximum atomic E-state index is 12.4. The van der Waals surface area contributed by atoms with Crippen LogP contribution in [-0.2, 0) is 4.79 Å². The molecule has 0 saturated heterocycles. The molecule has 2 aromatic rings. The highest BCUT2D eigenvalue weighted by Crippen LogP contribution is 2.34. The number of benzene rings is 1. The quantitative estimate of drug-likeness (QED) is 0.788. The second-order valence-corrected chi connectivity index (χ2v) is 7.29. The third kappa shape index (κ3) is 3.70. The number of aromatic nitrogens is 1. The first kappa shape index (κ1) is 17.5. The Hall–Kier alpha value is -2.30. The number of imide groups is 1. The SMILES string of the molecule is CC(C)C(=O)NC(=O)n1c(O)cc2cc(C3CCCCCC3)ccc21. The van der Waals surface area contributed by atoms with Crippen LogP contribution in [0.15, 0.2) is 24.3 Å². The Kier molecular flexibility index (Phi) is 5.11. The van der Waals surface area contributed by atoms with Crippen molar-refractivity contribution >= 4 is 22.8 Å². The summed E-state index contributed by atoms with van der Waals surface area (Å²) in [6, 6.07) is 6.96. The van der Waals surface area contributed by atoms with Crippen LogP contribution in [0.25, 0.3) is 10.9 Å². The first-order valence-electron chi connectivity index (χ1n) is 9.17. The molecule has 1 aliphatic carbocycles. The van der Waals surface area contributed by atoms with Gasteiger partial charge in [0.1, 0.15) is 0 Å². The fourth-order valence-corrected chi connectivity index (χ4v) is 3.60. The van der Waals surface area contributed by atoms with Crippen LogP contribution < -0.4 is 5.32 Å². The van der Waals surface area contributed by atoms with Crippen molar-refractivity contribution in [1.82, 2.24) is 9.88 Å². The average Bonchev–Trinajstić information content (AvgIpc) is 2.74. The van der Waals surface area contributed by atoms with Crippen LogP contribution in [-0.4, -0.2) is 21.6 Å². The van der Waals surface area contributed by atoms with Crippen LogP contribution in [0.5, 0.6) is 5.88 Å². The van der Waals surface area contributed by atoms with E-state index in [2.05, 4.69) is 11.4 Å². The fraction of sp³-hybridized carbons (Fsp3) is 0.500. The Labute approximate surface area is 148 Å². The summed E-state index contributed by atoms with van der Waals surface area (Å²) < 4.78 is 1.16. The van der Waals surface area contributed by atoms with E-state index in [1.54, 1.807) is 19.9 Å². The zero-order valence-electron chi connectivity index (χ0n) is 14.9. The van der Waals surface area contributed by atoms with E-state index in [4.69, 9.17) is 0 Å². The summed E-state index contributed by atoms with van der Waals surface area (Å²) in [5, 5.41) is 13.3. The van der Waals surface area contributed by atoms with Gasteiger partial charge in [-0.05, 0) is 36.5 Å². The van der Waals surface area contributed by atoms with Crippen LogP contribution in [0.4, 0.5) is 4.79 Å². The van der Waals surface area contributed by atoms with E-state index >= 15 is 0 Å². The zero-order chi connectivity index (χ0) is 18.0. The highest BCUT2D eigenvalue weighted by molar-refractivity contribution is 6.01. The van der Waals surface area contributed by atoms with Crippen LogP contribution in [0, 0.1) is 5.92 Å². The number of hydrogen-bond acceptors (Lipinski definition) is 3. The second-order valence-electron chi connectivity index (χ2n) is 7.29. The number of hydrogen-bond donors (Lipinski definition) is 2. The molecule has 0 bridgehead atoms. The van der Waals surface area contributed by atoms with E-state index in [0.29, 0.717) is 11.4 Å². The van der Waals surface area contributed by atoms with Gasteiger partial charge in [0.05, 0.1) is 5.52 Å². The predicted octanol–water partition coefficient (Wildman–Crippen LogP) is 4.53. The fourth-order valence-electron chi connectivity index (χ4n) is 3.60. The highest BCUT2D eigenvalue weighted by atomic mass is 16.3. The van der Waals surface area contributed by atoms with E-state index < -0.39 is 6.03 Å². The molecule has 25 heavy (non-hydrogen) atoms. The molecule has 2 N–H and O–H groups in total. The van der Waals surface area contributed by atoms with E-state index in [0.717, 1.165) is 9.95 Å². The van der Waals surface area contributed by atoms with Crippen molar-refractivity contribution in [3.05, 3.63) is 29.8 Å². The molecule has 0 spiro atoms. The molecule has 0 atom stereocenters. The van der Waals surface area contributed by atoms with Crippen molar-refractivity contribution in [3.8, 4) is 5.88 Å². The summed E-state index contributed by atoms with van der Waals surface area (Å²) >= 11 is 0. The Balaban J connectivity index is 1.90. The number of carbonyl (C=O) groups is 2. The molecule has 1 aromatic heterocycles. The van der Waals surface area contributed by atoms with Gasteiger partial charge in [-0.3, -0.25) is 10.1 Å². The molecule has 1 aromatic carbocycles. The van der Waals surface area contributed by atoms with Crippen molar-refractivity contribution in [2.75, 3.05) is 0 Å². The summed E-state index contributed by atoms with van der Waals surface area (Å²) in [6.07, 6.45) is 7.52. The number of nitrogens with zero attached hydrogens (tertiary/aromatic N) is 1. The molecular weight excluding hydrogens is 316 g/mol. The first-order valence-corrected chi connectivity index (χ1v) is 9.17. The Morgan fingerprint density at radius 1 is 1.12 bits per heavy atom. The lowest BCUT2D eigenvalue weighted by Crippen LogP contribution is -2.36. The lowest BCUT2D eigenvalue weighted by molar-refractivity contribution is -0.122. The Bertz CT molecular complexity index is 784. The monoisotopic (exact) mass is 342 g/mol. The summed E-state index contributed by atoms with van der Waals surface area (Å²) in [5.74, 6) is -0.258. The molecule has 5 heteroatoms. The van der Waals surface area contributed by atoms with Gasteiger partial charge >= 0.3 is 6.03 Å². The molecule has 1 heterocycles. The van der Waals surface area contributed by atoms with Gasteiger partial charge in [-0.2, -0.15) is 0 Å². The van der Waals surface area contributed by atoms with Gasteiger partial charge in [-0.1, -0.05) is 45.6 Å². The molecule has 1 aliphatic rings. The summed E-state index contributed by atoms with van der Waals surface area (Å²) in [6.45, 7) is 3.44. The van der Waals surface area contributed by atoms with Crippen LogP contribution in [0.3, 0.4) is 0 Å². The number of amides is 2. The average molecular weight is 342 g/mol. The van der Waals surface area contributed by atoms with Crippen LogP contribution in [0.1, 0.15) is 63.9 Å². The molecule has 1 fully saturated rings. The van der Waals surface area contributed by atoms with Gasteiger partial charge in [-0.15, -0.1) is 0 Å². The maximum Gasteiger partial charge on any atom is 0.335 e. The molecule has 134 valence electrons. The number of carbonyl (C=O) groups excluding carboxylic acids is 2. The normalized spacial score (nSPS) is 16.1. The predicted molar refractivity (Wildman–Crippen MR) is 97.8 cm³/mol. The molecule has 0 unspecified atom stereocenters. The minimum atomic E-state index is -0.617. The largest absolute Gasteiger partial charge is 0.494 e. The zero-order valence-corrected chi connectivity index (χ0v) is 14.9. The van der Waals surface area contributed by atoms with Crippen molar-refractivity contribution in [1.29, 1.82) is 0 Å². The number of fused-ring (bicyclic) bond motifs is 1. The summed E-state index contributed by atoms with van der Waals surface area (Å²) in [4.78, 5) is 24.1. The van der Waals surface area contributed by atoms with Gasteiger partial charge in [-0.25, -0.2) is 9.36 Å². The third-order valence-electron chi connectivity index (χ3n) is 5.09. The lowest BCUT2D eigenvalue weighted by Gasteiger charge is -2.15. The maximum absolute atomic E-state index is 12.4. The van der Waals surface area contributed by atoms with E-state index in [1.807, 2.05) is 12.1 Å². The molecule has 3 rings (SSSR count).